The topological polar surface area (TPSA) is 104 Å². The van der Waals surface area contributed by atoms with Gasteiger partial charge in [0.1, 0.15) is 0 Å². The lowest BCUT2D eigenvalue weighted by molar-refractivity contribution is -0.138. The molecule has 10 heteroatoms. The van der Waals surface area contributed by atoms with Crippen LogP contribution in [0.25, 0.3) is 0 Å². The number of carboxylic acids is 1. The van der Waals surface area contributed by atoms with Gasteiger partial charge in [-0.2, -0.15) is 4.99 Å². The van der Waals surface area contributed by atoms with Crippen molar-refractivity contribution < 1.29 is 23.1 Å². The summed E-state index contributed by atoms with van der Waals surface area (Å²) in [6, 6.07) is 7.05. The molecule has 134 valence electrons. The number of anilines is 1. The van der Waals surface area contributed by atoms with Gasteiger partial charge in [0.15, 0.2) is 15.0 Å². The fourth-order valence-corrected chi connectivity index (χ4v) is 7.04. The number of hydrogen-bond donors (Lipinski definition) is 1. The second-order valence-electron chi connectivity index (χ2n) is 5.83. The van der Waals surface area contributed by atoms with Crippen LogP contribution in [0.3, 0.4) is 0 Å². The van der Waals surface area contributed by atoms with E-state index in [4.69, 9.17) is 5.11 Å². The maximum Gasteiger partial charge on any atom is 0.303 e. The quantitative estimate of drug-likeness (QED) is 0.752. The van der Waals surface area contributed by atoms with Gasteiger partial charge >= 0.3 is 5.97 Å². The van der Waals surface area contributed by atoms with E-state index < -0.39 is 21.7 Å². The minimum absolute atomic E-state index is 0.0169. The van der Waals surface area contributed by atoms with Crippen molar-refractivity contribution in [1.82, 2.24) is 0 Å². The van der Waals surface area contributed by atoms with Crippen molar-refractivity contribution >= 4 is 60.3 Å². The number of benzene rings is 1. The van der Waals surface area contributed by atoms with E-state index in [0.29, 0.717) is 5.17 Å². The average molecular weight is 447 g/mol. The van der Waals surface area contributed by atoms with E-state index in [9.17, 15) is 18.0 Å². The van der Waals surface area contributed by atoms with Crippen molar-refractivity contribution in [3.05, 3.63) is 28.7 Å². The largest absolute Gasteiger partial charge is 0.481 e. The van der Waals surface area contributed by atoms with Gasteiger partial charge in [-0.15, -0.1) is 0 Å². The first-order chi connectivity index (χ1) is 11.7. The van der Waals surface area contributed by atoms with E-state index >= 15 is 0 Å². The predicted molar refractivity (Wildman–Crippen MR) is 99.8 cm³/mol. The van der Waals surface area contributed by atoms with Gasteiger partial charge in [0.25, 0.3) is 0 Å². The van der Waals surface area contributed by atoms with Crippen molar-refractivity contribution in [1.29, 1.82) is 0 Å². The number of halogens is 1. The summed E-state index contributed by atoms with van der Waals surface area (Å²) in [5, 5.41) is 8.93. The van der Waals surface area contributed by atoms with Gasteiger partial charge in [-0.3, -0.25) is 9.59 Å². The highest BCUT2D eigenvalue weighted by atomic mass is 79.9. The van der Waals surface area contributed by atoms with Crippen LogP contribution in [-0.2, 0) is 19.4 Å². The third kappa shape index (κ3) is 4.24. The van der Waals surface area contributed by atoms with E-state index in [1.807, 2.05) is 24.3 Å². The fraction of sp³-hybridized carbons (Fsp3) is 0.400. The number of aliphatic carboxylic acids is 1. The number of aliphatic imine (C=N–C) groups is 1. The number of rotatable bonds is 4. The molecule has 0 aliphatic carbocycles. The molecule has 1 amide bonds. The van der Waals surface area contributed by atoms with Crippen molar-refractivity contribution in [2.24, 2.45) is 4.99 Å². The van der Waals surface area contributed by atoms with Gasteiger partial charge in [-0.05, 0) is 24.3 Å². The molecule has 1 aromatic carbocycles. The maximum atomic E-state index is 12.0. The van der Waals surface area contributed by atoms with Crippen molar-refractivity contribution in [2.45, 2.75) is 24.1 Å². The molecule has 2 heterocycles. The number of carbonyl (C=O) groups is 2. The van der Waals surface area contributed by atoms with Crippen molar-refractivity contribution in [2.75, 3.05) is 16.4 Å². The van der Waals surface area contributed by atoms with E-state index in [-0.39, 0.29) is 35.6 Å². The smallest absolute Gasteiger partial charge is 0.303 e. The molecule has 0 spiro atoms. The standard InChI is InChI=1S/C15H15BrN2O5S2/c16-9-1-3-10(4-2-9)18-11-7-25(22,23)8-12(11)24-15(18)17-13(19)5-6-14(20)21/h1-4,11-12H,5-8H2,(H,20,21). The molecular formula is C15H15BrN2O5S2. The molecule has 2 fully saturated rings. The van der Waals surface area contributed by atoms with Gasteiger partial charge in [-0.1, -0.05) is 27.7 Å². The van der Waals surface area contributed by atoms with Crippen LogP contribution in [0.15, 0.2) is 33.7 Å². The summed E-state index contributed by atoms with van der Waals surface area (Å²) in [4.78, 5) is 28.4. The van der Waals surface area contributed by atoms with Crippen LogP contribution in [0.2, 0.25) is 0 Å². The van der Waals surface area contributed by atoms with Crippen LogP contribution in [0.5, 0.6) is 0 Å². The Morgan fingerprint density at radius 2 is 1.92 bits per heavy atom. The Balaban J connectivity index is 1.90. The first-order valence-corrected chi connectivity index (χ1v) is 11.0. The zero-order valence-corrected chi connectivity index (χ0v) is 16.2. The zero-order chi connectivity index (χ0) is 18.2. The summed E-state index contributed by atoms with van der Waals surface area (Å²) in [7, 11) is -3.12. The number of thioether (sulfide) groups is 1. The third-order valence-electron chi connectivity index (χ3n) is 3.94. The summed E-state index contributed by atoms with van der Waals surface area (Å²) in [5.74, 6) is -1.50. The van der Waals surface area contributed by atoms with Gasteiger partial charge in [0.2, 0.25) is 5.91 Å². The molecular weight excluding hydrogens is 432 g/mol. The molecule has 3 rings (SSSR count). The summed E-state index contributed by atoms with van der Waals surface area (Å²) >= 11 is 4.63. The fourth-order valence-electron chi connectivity index (χ4n) is 2.84. The monoisotopic (exact) mass is 446 g/mol. The van der Waals surface area contributed by atoms with Crippen molar-refractivity contribution in [3.8, 4) is 0 Å². The molecule has 0 saturated carbocycles. The Morgan fingerprint density at radius 1 is 1.24 bits per heavy atom. The number of sulfone groups is 1. The first-order valence-electron chi connectivity index (χ1n) is 7.50. The summed E-state index contributed by atoms with van der Waals surface area (Å²) in [6.45, 7) is 0. The van der Waals surface area contributed by atoms with Crippen LogP contribution in [0, 0.1) is 0 Å². The van der Waals surface area contributed by atoms with Crippen LogP contribution in [-0.4, -0.2) is 53.4 Å². The Bertz CT molecular complexity index is 838. The van der Waals surface area contributed by atoms with Crippen molar-refractivity contribution in [3.63, 3.8) is 0 Å². The molecule has 2 aliphatic rings. The van der Waals surface area contributed by atoms with E-state index in [1.54, 1.807) is 4.90 Å². The second kappa shape index (κ2) is 7.08. The number of amidine groups is 1. The van der Waals surface area contributed by atoms with Crippen LogP contribution < -0.4 is 4.90 Å². The molecule has 1 aromatic rings. The Kier molecular flexibility index (Phi) is 5.21. The lowest BCUT2D eigenvalue weighted by atomic mass is 10.2. The number of carboxylic acid groups (broad SMARTS) is 1. The van der Waals surface area contributed by atoms with Gasteiger partial charge < -0.3 is 10.0 Å². The molecule has 0 bridgehead atoms. The summed E-state index contributed by atoms with van der Waals surface area (Å²) in [5.41, 5.74) is 0.755. The Labute approximate surface area is 157 Å². The molecule has 2 unspecified atom stereocenters. The molecule has 0 aromatic heterocycles. The van der Waals surface area contributed by atoms with Gasteiger partial charge in [-0.25, -0.2) is 8.42 Å². The van der Waals surface area contributed by atoms with E-state index in [0.717, 1.165) is 10.2 Å². The summed E-state index contributed by atoms with van der Waals surface area (Å²) in [6.07, 6.45) is -0.457. The molecule has 7 nitrogen and oxygen atoms in total. The highest BCUT2D eigenvalue weighted by Gasteiger charge is 2.49. The van der Waals surface area contributed by atoms with Crippen LogP contribution in [0.4, 0.5) is 5.69 Å². The lowest BCUT2D eigenvalue weighted by Gasteiger charge is -2.24. The molecule has 2 atom stereocenters. The molecule has 2 saturated heterocycles. The number of nitrogens with zero attached hydrogens (tertiary/aromatic N) is 2. The number of carbonyl (C=O) groups excluding carboxylic acids is 1. The molecule has 1 N–H and O–H groups in total. The highest BCUT2D eigenvalue weighted by molar-refractivity contribution is 9.10. The summed E-state index contributed by atoms with van der Waals surface area (Å²) < 4.78 is 24.8. The predicted octanol–water partition coefficient (Wildman–Crippen LogP) is 1.92. The second-order valence-corrected chi connectivity index (χ2v) is 10.1. The maximum absolute atomic E-state index is 12.0. The SMILES string of the molecule is O=C(O)CCC(=O)N=C1SC2CS(=O)(=O)CC2N1c1ccc(Br)cc1. The highest BCUT2D eigenvalue weighted by Crippen LogP contribution is 2.41. The minimum Gasteiger partial charge on any atom is -0.481 e. The van der Waals surface area contributed by atoms with Crippen LogP contribution >= 0.6 is 27.7 Å². The zero-order valence-electron chi connectivity index (χ0n) is 13.0. The van der Waals surface area contributed by atoms with Gasteiger partial charge in [0, 0.05) is 21.8 Å². The van der Waals surface area contributed by atoms with Crippen LogP contribution in [0.1, 0.15) is 12.8 Å². The molecule has 2 aliphatic heterocycles. The minimum atomic E-state index is -3.12. The molecule has 0 radical (unpaired) electrons. The third-order valence-corrected chi connectivity index (χ3v) is 7.68. The normalized spacial score (nSPS) is 26.0. The lowest BCUT2D eigenvalue weighted by Crippen LogP contribution is -2.37. The number of fused-ring (bicyclic) bond motifs is 1. The Hall–Kier alpha value is -1.39. The first kappa shape index (κ1) is 18.4. The van der Waals surface area contributed by atoms with Gasteiger partial charge in [0.05, 0.1) is 24.0 Å². The number of amides is 1. The Morgan fingerprint density at radius 3 is 2.56 bits per heavy atom. The molecule has 25 heavy (non-hydrogen) atoms. The van der Waals surface area contributed by atoms with E-state index in [1.165, 1.54) is 11.8 Å². The number of hydrogen-bond acceptors (Lipinski definition) is 5. The van der Waals surface area contributed by atoms with E-state index in [2.05, 4.69) is 20.9 Å². The average Bonchev–Trinajstić information content (AvgIpc) is 2.97.